The van der Waals surface area contributed by atoms with Gasteiger partial charge in [0.05, 0.1) is 51.8 Å². The highest BCUT2D eigenvalue weighted by atomic mass is 16.5. The first-order chi connectivity index (χ1) is 8.20. The van der Waals surface area contributed by atoms with Crippen LogP contribution in [0.3, 0.4) is 0 Å². The number of ether oxygens (including phenoxy) is 3. The molecular formula is C10H24N2O5. The maximum atomic E-state index is 9.06. The molecule has 0 saturated heterocycles. The van der Waals surface area contributed by atoms with Crippen LogP contribution in [0.15, 0.2) is 0 Å². The fourth-order valence-electron chi connectivity index (χ4n) is 0.913. The number of aliphatic hydroxyl groups is 2. The zero-order chi connectivity index (χ0) is 12.9. The monoisotopic (exact) mass is 252 g/mol. The van der Waals surface area contributed by atoms with Crippen LogP contribution >= 0.6 is 0 Å². The van der Waals surface area contributed by atoms with Gasteiger partial charge in [-0.25, -0.2) is 0 Å². The van der Waals surface area contributed by atoms with E-state index in [1.54, 1.807) is 0 Å². The smallest absolute Gasteiger partial charge is 0.0895 e. The van der Waals surface area contributed by atoms with Crippen LogP contribution in [-0.4, -0.2) is 75.2 Å². The molecule has 104 valence electrons. The summed E-state index contributed by atoms with van der Waals surface area (Å²) in [6.45, 7) is 2.50. The third-order valence-electron chi connectivity index (χ3n) is 1.91. The van der Waals surface area contributed by atoms with Crippen LogP contribution in [-0.2, 0) is 14.2 Å². The van der Waals surface area contributed by atoms with Gasteiger partial charge in [-0.3, -0.25) is 0 Å². The van der Waals surface area contributed by atoms with E-state index in [2.05, 4.69) is 0 Å². The van der Waals surface area contributed by atoms with E-state index in [4.69, 9.17) is 35.9 Å². The van der Waals surface area contributed by atoms with Crippen LogP contribution < -0.4 is 11.5 Å². The van der Waals surface area contributed by atoms with Crippen molar-refractivity contribution in [3.05, 3.63) is 0 Å². The van der Waals surface area contributed by atoms with Gasteiger partial charge in [0.15, 0.2) is 0 Å². The first-order valence-electron chi connectivity index (χ1n) is 5.70. The lowest BCUT2D eigenvalue weighted by Crippen LogP contribution is -2.26. The van der Waals surface area contributed by atoms with Crippen molar-refractivity contribution in [2.45, 2.75) is 12.2 Å². The molecule has 17 heavy (non-hydrogen) atoms. The van der Waals surface area contributed by atoms with E-state index in [0.29, 0.717) is 26.4 Å². The highest BCUT2D eigenvalue weighted by Crippen LogP contribution is 1.86. The van der Waals surface area contributed by atoms with Crippen LogP contribution in [0.2, 0.25) is 0 Å². The van der Waals surface area contributed by atoms with Crippen molar-refractivity contribution in [2.75, 3.05) is 52.7 Å². The molecule has 0 spiro atoms. The van der Waals surface area contributed by atoms with Gasteiger partial charge in [-0.15, -0.1) is 0 Å². The summed E-state index contributed by atoms with van der Waals surface area (Å²) in [5.74, 6) is 0. The molecule has 2 atom stereocenters. The number of rotatable bonds is 12. The molecular weight excluding hydrogens is 228 g/mol. The molecule has 0 saturated carbocycles. The predicted octanol–water partition coefficient (Wildman–Crippen LogP) is -2.32. The van der Waals surface area contributed by atoms with E-state index < -0.39 is 12.2 Å². The quantitative estimate of drug-likeness (QED) is 0.288. The Hall–Kier alpha value is -0.280. The predicted molar refractivity (Wildman–Crippen MR) is 62.6 cm³/mol. The van der Waals surface area contributed by atoms with Gasteiger partial charge in [-0.05, 0) is 0 Å². The zero-order valence-corrected chi connectivity index (χ0v) is 10.1. The molecule has 0 aliphatic heterocycles. The minimum Gasteiger partial charge on any atom is -0.389 e. The van der Waals surface area contributed by atoms with Crippen LogP contribution in [0.25, 0.3) is 0 Å². The second-order valence-corrected chi connectivity index (χ2v) is 3.54. The fourth-order valence-corrected chi connectivity index (χ4v) is 0.913. The molecule has 0 amide bonds. The Kier molecular flexibility index (Phi) is 12.0. The minimum absolute atomic E-state index is 0.193. The van der Waals surface area contributed by atoms with E-state index in [-0.39, 0.29) is 26.3 Å². The van der Waals surface area contributed by atoms with Crippen LogP contribution in [0.1, 0.15) is 0 Å². The molecule has 7 nitrogen and oxygen atoms in total. The molecule has 0 aliphatic carbocycles. The molecule has 0 aromatic rings. The summed E-state index contributed by atoms with van der Waals surface area (Å²) in [6.07, 6.45) is -1.23. The van der Waals surface area contributed by atoms with Crippen LogP contribution in [0.4, 0.5) is 0 Å². The average molecular weight is 252 g/mol. The van der Waals surface area contributed by atoms with E-state index in [0.717, 1.165) is 0 Å². The molecule has 0 aliphatic rings. The molecule has 0 radical (unpaired) electrons. The fraction of sp³-hybridized carbons (Fsp3) is 1.00. The molecule has 0 fully saturated rings. The van der Waals surface area contributed by atoms with E-state index in [1.807, 2.05) is 0 Å². The number of hydrogen-bond donors (Lipinski definition) is 4. The zero-order valence-electron chi connectivity index (χ0n) is 10.1. The molecule has 0 aromatic carbocycles. The number of hydrogen-bond acceptors (Lipinski definition) is 7. The Labute approximate surface area is 102 Å². The molecule has 0 rings (SSSR count). The van der Waals surface area contributed by atoms with E-state index in [1.165, 1.54) is 0 Å². The van der Waals surface area contributed by atoms with Gasteiger partial charge < -0.3 is 35.9 Å². The lowest BCUT2D eigenvalue weighted by molar-refractivity contribution is -0.0191. The SMILES string of the molecule is NCC(O)COCCOCCOCC(O)CN. The molecule has 2 unspecified atom stereocenters. The van der Waals surface area contributed by atoms with Gasteiger partial charge in [0.25, 0.3) is 0 Å². The normalized spacial score (nSPS) is 14.8. The van der Waals surface area contributed by atoms with Crippen molar-refractivity contribution in [3.63, 3.8) is 0 Å². The summed E-state index contributed by atoms with van der Waals surface area (Å²) in [5, 5.41) is 18.1. The van der Waals surface area contributed by atoms with Gasteiger partial charge in [0.1, 0.15) is 0 Å². The van der Waals surface area contributed by atoms with Crippen molar-refractivity contribution in [3.8, 4) is 0 Å². The highest BCUT2D eigenvalue weighted by Gasteiger charge is 2.01. The standard InChI is InChI=1S/C10H24N2O5/c11-5-9(13)7-16-3-1-15-2-4-17-8-10(14)6-12/h9-10,13-14H,1-8,11-12H2. The van der Waals surface area contributed by atoms with Gasteiger partial charge >= 0.3 is 0 Å². The lowest BCUT2D eigenvalue weighted by Gasteiger charge is -2.10. The van der Waals surface area contributed by atoms with Crippen molar-refractivity contribution < 1.29 is 24.4 Å². The third-order valence-corrected chi connectivity index (χ3v) is 1.91. The average Bonchev–Trinajstić information content (AvgIpc) is 2.35. The Morgan fingerprint density at radius 1 is 0.706 bits per heavy atom. The second kappa shape index (κ2) is 12.2. The summed E-state index contributed by atoms with van der Waals surface area (Å²) >= 11 is 0. The Balaban J connectivity index is 3.04. The van der Waals surface area contributed by atoms with E-state index in [9.17, 15) is 0 Å². The lowest BCUT2D eigenvalue weighted by atomic mass is 10.4. The first-order valence-corrected chi connectivity index (χ1v) is 5.70. The minimum atomic E-state index is -0.615. The summed E-state index contributed by atoms with van der Waals surface area (Å²) in [5.41, 5.74) is 10.4. The number of aliphatic hydroxyl groups excluding tert-OH is 2. The van der Waals surface area contributed by atoms with Crippen LogP contribution in [0, 0.1) is 0 Å². The highest BCUT2D eigenvalue weighted by molar-refractivity contribution is 4.52. The van der Waals surface area contributed by atoms with Crippen molar-refractivity contribution in [1.82, 2.24) is 0 Å². The van der Waals surface area contributed by atoms with Gasteiger partial charge in [-0.1, -0.05) is 0 Å². The number of nitrogens with two attached hydrogens (primary N) is 2. The Morgan fingerprint density at radius 3 is 1.41 bits per heavy atom. The van der Waals surface area contributed by atoms with Crippen molar-refractivity contribution in [2.24, 2.45) is 11.5 Å². The molecule has 7 heteroatoms. The maximum Gasteiger partial charge on any atom is 0.0895 e. The molecule has 0 aromatic heterocycles. The largest absolute Gasteiger partial charge is 0.389 e. The third kappa shape index (κ3) is 12.0. The van der Waals surface area contributed by atoms with Gasteiger partial charge in [-0.2, -0.15) is 0 Å². The van der Waals surface area contributed by atoms with Crippen molar-refractivity contribution in [1.29, 1.82) is 0 Å². The van der Waals surface area contributed by atoms with Crippen molar-refractivity contribution >= 4 is 0 Å². The summed E-state index contributed by atoms with van der Waals surface area (Å²) in [6, 6.07) is 0. The summed E-state index contributed by atoms with van der Waals surface area (Å²) in [7, 11) is 0. The topological polar surface area (TPSA) is 120 Å². The van der Waals surface area contributed by atoms with Crippen LogP contribution in [0.5, 0.6) is 0 Å². The van der Waals surface area contributed by atoms with Gasteiger partial charge in [0, 0.05) is 13.1 Å². The van der Waals surface area contributed by atoms with E-state index >= 15 is 0 Å². The Morgan fingerprint density at radius 2 is 1.06 bits per heavy atom. The maximum absolute atomic E-state index is 9.06. The summed E-state index contributed by atoms with van der Waals surface area (Å²) in [4.78, 5) is 0. The molecule has 6 N–H and O–H groups in total. The second-order valence-electron chi connectivity index (χ2n) is 3.54. The Bertz CT molecular complexity index is 146. The molecule has 0 heterocycles. The summed E-state index contributed by atoms with van der Waals surface area (Å²) < 4.78 is 15.4. The van der Waals surface area contributed by atoms with Gasteiger partial charge in [0.2, 0.25) is 0 Å². The first kappa shape index (κ1) is 16.7. The molecule has 0 bridgehead atoms.